The number of thiophene rings is 1. The van der Waals surface area contributed by atoms with Crippen LogP contribution in [0.2, 0.25) is 5.02 Å². The van der Waals surface area contributed by atoms with Crippen molar-refractivity contribution in [1.82, 2.24) is 4.57 Å². The van der Waals surface area contributed by atoms with Gasteiger partial charge in [0.1, 0.15) is 12.6 Å². The third kappa shape index (κ3) is 5.47. The van der Waals surface area contributed by atoms with E-state index < -0.39 is 6.04 Å². The first-order valence-corrected chi connectivity index (χ1v) is 14.4. The van der Waals surface area contributed by atoms with Crippen molar-refractivity contribution in [3.63, 3.8) is 0 Å². The molecular formula is C30H24ClN3O4S2. The monoisotopic (exact) mass is 589 g/mol. The van der Waals surface area contributed by atoms with Crippen molar-refractivity contribution in [2.24, 2.45) is 4.99 Å². The molecule has 0 spiro atoms. The molecule has 2 aromatic carbocycles. The molecular weight excluding hydrogens is 566 g/mol. The molecule has 1 amide bonds. The maximum absolute atomic E-state index is 13.9. The van der Waals surface area contributed by atoms with Crippen LogP contribution >= 0.6 is 34.3 Å². The number of nitrogens with zero attached hydrogens (tertiary/aromatic N) is 2. The Labute approximate surface area is 243 Å². The minimum Gasteiger partial charge on any atom is -0.490 e. The van der Waals surface area contributed by atoms with E-state index in [9.17, 15) is 9.59 Å². The van der Waals surface area contributed by atoms with Gasteiger partial charge in [-0.2, -0.15) is 0 Å². The molecule has 202 valence electrons. The summed E-state index contributed by atoms with van der Waals surface area (Å²) in [6.07, 6.45) is 7.07. The minimum absolute atomic E-state index is 0.0417. The Morgan fingerprint density at radius 1 is 1.23 bits per heavy atom. The van der Waals surface area contributed by atoms with Gasteiger partial charge in [0.15, 0.2) is 16.3 Å². The summed E-state index contributed by atoms with van der Waals surface area (Å²) >= 11 is 9.23. The van der Waals surface area contributed by atoms with E-state index in [1.54, 1.807) is 29.7 Å². The van der Waals surface area contributed by atoms with Crippen molar-refractivity contribution < 1.29 is 14.3 Å². The molecule has 0 unspecified atom stereocenters. The molecule has 0 aliphatic carbocycles. The number of hydrogen-bond acceptors (Lipinski definition) is 7. The highest BCUT2D eigenvalue weighted by molar-refractivity contribution is 7.10. The lowest BCUT2D eigenvalue weighted by atomic mass is 10.0. The van der Waals surface area contributed by atoms with Crippen LogP contribution in [0.3, 0.4) is 0 Å². The average Bonchev–Trinajstić information content (AvgIpc) is 3.57. The Morgan fingerprint density at radius 2 is 2.02 bits per heavy atom. The van der Waals surface area contributed by atoms with E-state index >= 15 is 0 Å². The summed E-state index contributed by atoms with van der Waals surface area (Å²) in [5, 5.41) is 5.19. The summed E-state index contributed by atoms with van der Waals surface area (Å²) in [4.78, 5) is 33.5. The van der Waals surface area contributed by atoms with Gasteiger partial charge in [-0.25, -0.2) is 4.99 Å². The average molecular weight is 590 g/mol. The van der Waals surface area contributed by atoms with Crippen molar-refractivity contribution in [2.45, 2.75) is 19.9 Å². The molecule has 7 nitrogen and oxygen atoms in total. The Morgan fingerprint density at radius 3 is 2.73 bits per heavy atom. The molecule has 10 heteroatoms. The van der Waals surface area contributed by atoms with Gasteiger partial charge in [0.25, 0.3) is 11.5 Å². The second kappa shape index (κ2) is 12.0. The number of allylic oxidation sites excluding steroid dienone is 1. The molecule has 4 aromatic rings. The zero-order valence-corrected chi connectivity index (χ0v) is 24.0. The van der Waals surface area contributed by atoms with Crippen LogP contribution in [0.25, 0.3) is 6.08 Å². The minimum atomic E-state index is -0.621. The molecule has 2 aromatic heterocycles. The van der Waals surface area contributed by atoms with Crippen molar-refractivity contribution in [3.05, 3.63) is 106 Å². The van der Waals surface area contributed by atoms with E-state index in [1.165, 1.54) is 22.7 Å². The Hall–Kier alpha value is -4.10. The first kappa shape index (κ1) is 27.5. The predicted octanol–water partition coefficient (Wildman–Crippen LogP) is 5.00. The van der Waals surface area contributed by atoms with E-state index in [2.05, 4.69) is 16.2 Å². The van der Waals surface area contributed by atoms with E-state index in [4.69, 9.17) is 27.5 Å². The fraction of sp³-hybridized carbons (Fsp3) is 0.167. The fourth-order valence-electron chi connectivity index (χ4n) is 4.39. The lowest BCUT2D eigenvalue weighted by Gasteiger charge is -2.24. The summed E-state index contributed by atoms with van der Waals surface area (Å²) in [7, 11) is 0. The Kier molecular flexibility index (Phi) is 8.21. The Balaban J connectivity index is 1.61. The number of carbonyl (C=O) groups excluding carboxylic acids is 1. The number of aromatic nitrogens is 1. The number of hydrogen-bond donors (Lipinski definition) is 1. The molecule has 1 atom stereocenters. The van der Waals surface area contributed by atoms with Crippen LogP contribution in [0.5, 0.6) is 11.5 Å². The second-order valence-corrected chi connectivity index (χ2v) is 11.1. The molecule has 1 aliphatic heterocycles. The molecule has 0 fully saturated rings. The molecule has 1 N–H and O–H groups in total. The number of carbonyl (C=O) groups is 1. The SMILES string of the molecule is C#CCOc1c(Cl)cc(/C=c2\sc3n(c2=O)[C@H](c2cccs2)C(C(=O)Nc2ccccc2)=C(C)N=3)cc1OCC. The van der Waals surface area contributed by atoms with Crippen LogP contribution in [0, 0.1) is 12.3 Å². The quantitative estimate of drug-likeness (QED) is 0.293. The maximum atomic E-state index is 13.9. The molecule has 0 saturated carbocycles. The first-order chi connectivity index (χ1) is 19.4. The van der Waals surface area contributed by atoms with Crippen molar-refractivity contribution >= 4 is 51.9 Å². The third-order valence-electron chi connectivity index (χ3n) is 6.04. The van der Waals surface area contributed by atoms with Gasteiger partial charge < -0.3 is 14.8 Å². The molecule has 0 saturated heterocycles. The highest BCUT2D eigenvalue weighted by Crippen LogP contribution is 2.37. The summed E-state index contributed by atoms with van der Waals surface area (Å²) in [6.45, 7) is 4.07. The number of amides is 1. The van der Waals surface area contributed by atoms with Crippen LogP contribution in [-0.2, 0) is 4.79 Å². The number of nitrogens with one attached hydrogen (secondary N) is 1. The smallest absolute Gasteiger partial charge is 0.271 e. The van der Waals surface area contributed by atoms with Crippen molar-refractivity contribution in [3.8, 4) is 23.8 Å². The number of para-hydroxylation sites is 1. The Bertz CT molecular complexity index is 1820. The van der Waals surface area contributed by atoms with Crippen molar-refractivity contribution in [1.29, 1.82) is 0 Å². The normalized spacial score (nSPS) is 14.8. The van der Waals surface area contributed by atoms with Gasteiger partial charge in [-0.15, -0.1) is 17.8 Å². The van der Waals surface area contributed by atoms with E-state index in [0.717, 1.165) is 4.88 Å². The lowest BCUT2D eigenvalue weighted by molar-refractivity contribution is -0.113. The fourth-order valence-corrected chi connectivity index (χ4v) is 6.53. The van der Waals surface area contributed by atoms with Gasteiger partial charge in [-0.1, -0.05) is 53.1 Å². The number of anilines is 1. The van der Waals surface area contributed by atoms with E-state index in [1.807, 2.05) is 54.8 Å². The molecule has 0 radical (unpaired) electrons. The number of fused-ring (bicyclic) bond motifs is 1. The third-order valence-corrected chi connectivity index (χ3v) is 8.23. The van der Waals surface area contributed by atoms with Crippen molar-refractivity contribution in [2.75, 3.05) is 18.5 Å². The number of benzene rings is 2. The number of terminal acetylenes is 1. The van der Waals surface area contributed by atoms with Gasteiger partial charge in [-0.3, -0.25) is 14.2 Å². The standard InChI is InChI=1S/C30H24ClN3O4S2/c1-4-13-38-27-21(31)15-19(16-22(27)37-5-2)17-24-29(36)34-26(23-12-9-14-39-23)25(18(3)32-30(34)40-24)28(35)33-20-10-7-6-8-11-20/h1,6-12,14-17,26H,5,13H2,2-3H3,(H,33,35)/b24-17-/t26-/m1/s1. The highest BCUT2D eigenvalue weighted by atomic mass is 35.5. The summed E-state index contributed by atoms with van der Waals surface area (Å²) < 4.78 is 13.3. The molecule has 0 bridgehead atoms. The summed E-state index contributed by atoms with van der Waals surface area (Å²) in [5.74, 6) is 2.89. The molecule has 3 heterocycles. The van der Waals surface area contributed by atoms with Gasteiger partial charge >= 0.3 is 0 Å². The number of rotatable bonds is 8. The zero-order valence-electron chi connectivity index (χ0n) is 21.6. The van der Waals surface area contributed by atoms with Gasteiger partial charge in [0, 0.05) is 10.6 Å². The molecule has 1 aliphatic rings. The van der Waals surface area contributed by atoms with Crippen LogP contribution in [0.4, 0.5) is 5.69 Å². The van der Waals surface area contributed by atoms with Crippen LogP contribution in [-0.4, -0.2) is 23.7 Å². The van der Waals surface area contributed by atoms with Gasteiger partial charge in [0.05, 0.1) is 27.4 Å². The summed E-state index contributed by atoms with van der Waals surface area (Å²) in [5.41, 5.74) is 2.02. The number of thiazole rings is 1. The predicted molar refractivity (Wildman–Crippen MR) is 160 cm³/mol. The van der Waals surface area contributed by atoms with E-state index in [-0.39, 0.29) is 18.1 Å². The van der Waals surface area contributed by atoms with E-state index in [0.29, 0.717) is 55.0 Å². The zero-order chi connectivity index (χ0) is 28.2. The first-order valence-electron chi connectivity index (χ1n) is 12.4. The summed E-state index contributed by atoms with van der Waals surface area (Å²) in [6, 6.07) is 15.8. The highest BCUT2D eigenvalue weighted by Gasteiger charge is 2.33. The van der Waals surface area contributed by atoms with Crippen LogP contribution in [0.1, 0.15) is 30.3 Å². The largest absolute Gasteiger partial charge is 0.490 e. The van der Waals surface area contributed by atoms with Gasteiger partial charge in [0.2, 0.25) is 0 Å². The van der Waals surface area contributed by atoms with Crippen LogP contribution in [0.15, 0.2) is 81.0 Å². The number of ether oxygens (including phenoxy) is 2. The number of halogens is 1. The molecule has 40 heavy (non-hydrogen) atoms. The van der Waals surface area contributed by atoms with Crippen LogP contribution < -0.4 is 29.7 Å². The second-order valence-electron chi connectivity index (χ2n) is 8.67. The maximum Gasteiger partial charge on any atom is 0.271 e. The molecule has 5 rings (SSSR count). The van der Waals surface area contributed by atoms with Gasteiger partial charge in [-0.05, 0) is 61.2 Å². The lowest BCUT2D eigenvalue weighted by Crippen LogP contribution is -2.40. The topological polar surface area (TPSA) is 81.9 Å².